The van der Waals surface area contributed by atoms with E-state index < -0.39 is 5.97 Å². The van der Waals surface area contributed by atoms with Crippen LogP contribution in [0.5, 0.6) is 0 Å². The minimum absolute atomic E-state index is 0.0512. The minimum atomic E-state index is -1.06. The number of aryl methyl sites for hydroxylation is 1. The van der Waals surface area contributed by atoms with Crippen LogP contribution in [0.2, 0.25) is 0 Å². The lowest BCUT2D eigenvalue weighted by Crippen LogP contribution is -2.07. The molecule has 0 saturated carbocycles. The highest BCUT2D eigenvalue weighted by Gasteiger charge is 2.08. The van der Waals surface area contributed by atoms with Crippen molar-refractivity contribution in [2.24, 2.45) is 0 Å². The van der Waals surface area contributed by atoms with Crippen molar-refractivity contribution < 1.29 is 14.4 Å². The first-order valence-corrected chi connectivity index (χ1v) is 5.21. The molecule has 0 bridgehead atoms. The van der Waals surface area contributed by atoms with Crippen LogP contribution in [0.25, 0.3) is 0 Å². The van der Waals surface area contributed by atoms with Crippen LogP contribution in [0, 0.1) is 6.92 Å². The fourth-order valence-electron chi connectivity index (χ4n) is 1.42. The highest BCUT2D eigenvalue weighted by molar-refractivity contribution is 5.89. The van der Waals surface area contributed by atoms with Gasteiger partial charge >= 0.3 is 5.97 Å². The summed E-state index contributed by atoms with van der Waals surface area (Å²) < 4.78 is 4.91. The van der Waals surface area contributed by atoms with Crippen LogP contribution in [0.1, 0.15) is 21.8 Å². The zero-order chi connectivity index (χ0) is 13.1. The molecule has 0 aliphatic carbocycles. The van der Waals surface area contributed by atoms with Crippen molar-refractivity contribution in [3.63, 3.8) is 0 Å². The van der Waals surface area contributed by atoms with Crippen molar-refractivity contribution in [3.8, 4) is 0 Å². The third kappa shape index (κ3) is 2.57. The molecule has 7 heteroatoms. The molecule has 2 heterocycles. The average Bonchev–Trinajstić information content (AvgIpc) is 2.73. The summed E-state index contributed by atoms with van der Waals surface area (Å²) >= 11 is 0. The Balaban J connectivity index is 2.08. The van der Waals surface area contributed by atoms with E-state index in [1.165, 1.54) is 12.3 Å². The molecule has 0 atom stereocenters. The molecule has 2 aromatic rings. The first kappa shape index (κ1) is 11.9. The van der Waals surface area contributed by atoms with E-state index in [4.69, 9.17) is 15.4 Å². The summed E-state index contributed by atoms with van der Waals surface area (Å²) in [5, 5.41) is 15.5. The van der Waals surface area contributed by atoms with Crippen LogP contribution in [0.4, 0.5) is 11.5 Å². The number of aromatic nitrogens is 2. The molecule has 0 amide bonds. The monoisotopic (exact) mass is 248 g/mol. The predicted octanol–water partition coefficient (Wildman–Crippen LogP) is 1.27. The van der Waals surface area contributed by atoms with Crippen LogP contribution in [-0.2, 0) is 6.54 Å². The van der Waals surface area contributed by atoms with Gasteiger partial charge in [-0.2, -0.15) is 0 Å². The Morgan fingerprint density at radius 2 is 2.33 bits per heavy atom. The number of nitrogens with one attached hydrogen (secondary N) is 1. The van der Waals surface area contributed by atoms with E-state index in [2.05, 4.69) is 15.5 Å². The van der Waals surface area contributed by atoms with E-state index in [0.717, 1.165) is 5.69 Å². The third-order valence-electron chi connectivity index (χ3n) is 2.28. The number of aromatic carboxylic acids is 1. The second-order valence-electron chi connectivity index (χ2n) is 3.75. The molecule has 0 unspecified atom stereocenters. The SMILES string of the molecule is Cc1cc(CNc2ncc(C(=O)O)cc2N)no1. The first-order chi connectivity index (χ1) is 8.56. The van der Waals surface area contributed by atoms with Crippen molar-refractivity contribution in [3.05, 3.63) is 35.3 Å². The van der Waals surface area contributed by atoms with Crippen LogP contribution in [-0.4, -0.2) is 21.2 Å². The summed E-state index contributed by atoms with van der Waals surface area (Å²) in [4.78, 5) is 14.7. The molecule has 7 nitrogen and oxygen atoms in total. The zero-order valence-electron chi connectivity index (χ0n) is 9.67. The van der Waals surface area contributed by atoms with Gasteiger partial charge in [0.2, 0.25) is 0 Å². The number of rotatable bonds is 4. The molecule has 2 aromatic heterocycles. The fourth-order valence-corrected chi connectivity index (χ4v) is 1.42. The number of pyridine rings is 1. The van der Waals surface area contributed by atoms with Gasteiger partial charge in [-0.1, -0.05) is 5.16 Å². The summed E-state index contributed by atoms with van der Waals surface area (Å²) in [6, 6.07) is 3.14. The second-order valence-corrected chi connectivity index (χ2v) is 3.75. The Labute approximate surface area is 103 Å². The number of carbonyl (C=O) groups is 1. The molecule has 0 spiro atoms. The van der Waals surface area contributed by atoms with Gasteiger partial charge < -0.3 is 20.7 Å². The summed E-state index contributed by atoms with van der Waals surface area (Å²) in [6.45, 7) is 2.20. The molecule has 4 N–H and O–H groups in total. The average molecular weight is 248 g/mol. The summed E-state index contributed by atoms with van der Waals surface area (Å²) in [5.74, 6) is 0.0717. The van der Waals surface area contributed by atoms with Gasteiger partial charge in [-0.25, -0.2) is 9.78 Å². The zero-order valence-corrected chi connectivity index (χ0v) is 9.67. The van der Waals surface area contributed by atoms with E-state index >= 15 is 0 Å². The van der Waals surface area contributed by atoms with Crippen molar-refractivity contribution in [2.45, 2.75) is 13.5 Å². The highest BCUT2D eigenvalue weighted by Crippen LogP contribution is 2.17. The molecule has 0 saturated heterocycles. The number of nitrogens with two attached hydrogens (primary N) is 1. The normalized spacial score (nSPS) is 10.3. The maximum atomic E-state index is 10.7. The molecular weight excluding hydrogens is 236 g/mol. The molecule has 94 valence electrons. The number of nitrogens with zero attached hydrogens (tertiary/aromatic N) is 2. The Hall–Kier alpha value is -2.57. The van der Waals surface area contributed by atoms with Gasteiger partial charge in [-0.15, -0.1) is 0 Å². The van der Waals surface area contributed by atoms with Crippen LogP contribution in [0.3, 0.4) is 0 Å². The van der Waals surface area contributed by atoms with Gasteiger partial charge in [0.05, 0.1) is 17.8 Å². The Bertz CT molecular complexity index is 579. The van der Waals surface area contributed by atoms with Gasteiger partial charge in [0.15, 0.2) is 0 Å². The second kappa shape index (κ2) is 4.74. The molecule has 0 aromatic carbocycles. The standard InChI is InChI=1S/C11H12N4O3/c1-6-2-8(15-18-6)5-14-10-9(12)3-7(4-13-10)11(16)17/h2-4H,5,12H2,1H3,(H,13,14)(H,16,17). The smallest absolute Gasteiger partial charge is 0.337 e. The maximum Gasteiger partial charge on any atom is 0.337 e. The van der Waals surface area contributed by atoms with Crippen molar-refractivity contribution in [1.82, 2.24) is 10.1 Å². The molecule has 0 aliphatic heterocycles. The molecule has 0 radical (unpaired) electrons. The lowest BCUT2D eigenvalue weighted by atomic mass is 10.2. The van der Waals surface area contributed by atoms with Crippen molar-refractivity contribution in [1.29, 1.82) is 0 Å². The van der Waals surface area contributed by atoms with Gasteiger partial charge in [-0.05, 0) is 13.0 Å². The van der Waals surface area contributed by atoms with Gasteiger partial charge in [-0.3, -0.25) is 0 Å². The number of nitrogen functional groups attached to an aromatic ring is 1. The van der Waals surface area contributed by atoms with Crippen molar-refractivity contribution >= 4 is 17.5 Å². The Morgan fingerprint density at radius 1 is 1.56 bits per heavy atom. The maximum absolute atomic E-state index is 10.7. The Morgan fingerprint density at radius 3 is 2.89 bits per heavy atom. The first-order valence-electron chi connectivity index (χ1n) is 5.21. The topological polar surface area (TPSA) is 114 Å². The fraction of sp³-hybridized carbons (Fsp3) is 0.182. The number of hydrogen-bond donors (Lipinski definition) is 3. The number of anilines is 2. The molecule has 18 heavy (non-hydrogen) atoms. The lowest BCUT2D eigenvalue weighted by Gasteiger charge is -2.06. The van der Waals surface area contributed by atoms with Crippen LogP contribution < -0.4 is 11.1 Å². The number of carboxylic acids is 1. The highest BCUT2D eigenvalue weighted by atomic mass is 16.5. The van der Waals surface area contributed by atoms with Crippen molar-refractivity contribution in [2.75, 3.05) is 11.1 Å². The van der Waals surface area contributed by atoms with E-state index in [0.29, 0.717) is 18.1 Å². The quantitative estimate of drug-likeness (QED) is 0.746. The van der Waals surface area contributed by atoms with Gasteiger partial charge in [0.25, 0.3) is 0 Å². The van der Waals surface area contributed by atoms with E-state index in [1.807, 2.05) is 0 Å². The van der Waals surface area contributed by atoms with Gasteiger partial charge in [0, 0.05) is 12.3 Å². The Kier molecular flexibility index (Phi) is 3.13. The van der Waals surface area contributed by atoms with E-state index in [9.17, 15) is 4.79 Å². The summed E-state index contributed by atoms with van der Waals surface area (Å²) in [5.41, 5.74) is 6.74. The third-order valence-corrected chi connectivity index (χ3v) is 2.28. The van der Waals surface area contributed by atoms with Gasteiger partial charge in [0.1, 0.15) is 17.3 Å². The largest absolute Gasteiger partial charge is 0.478 e. The molecule has 0 aliphatic rings. The minimum Gasteiger partial charge on any atom is -0.478 e. The van der Waals surface area contributed by atoms with Crippen LogP contribution in [0.15, 0.2) is 22.9 Å². The van der Waals surface area contributed by atoms with Crippen LogP contribution >= 0.6 is 0 Å². The van der Waals surface area contributed by atoms with E-state index in [1.54, 1.807) is 13.0 Å². The van der Waals surface area contributed by atoms with E-state index in [-0.39, 0.29) is 11.3 Å². The molecule has 2 rings (SSSR count). The number of hydrogen-bond acceptors (Lipinski definition) is 6. The predicted molar refractivity (Wildman–Crippen MR) is 64.2 cm³/mol. The summed E-state index contributed by atoms with van der Waals surface area (Å²) in [6.07, 6.45) is 1.25. The number of carboxylic acid groups (broad SMARTS) is 1. The molecular formula is C11H12N4O3. The molecule has 0 fully saturated rings. The summed E-state index contributed by atoms with van der Waals surface area (Å²) in [7, 11) is 0. The lowest BCUT2D eigenvalue weighted by molar-refractivity contribution is 0.0696.